The molecule has 5 aromatic carbocycles. The number of fused-ring (bicyclic) bond motifs is 3. The van der Waals surface area contributed by atoms with Crippen LogP contribution in [-0.4, -0.2) is 132 Å². The van der Waals surface area contributed by atoms with Gasteiger partial charge in [-0.2, -0.15) is 39.5 Å². The normalized spacial score (nSPS) is 14.0. The van der Waals surface area contributed by atoms with E-state index < -0.39 is 184 Å². The number of azide groups is 3. The average molecular weight is 1750 g/mol. The molecule has 6 heterocycles. The van der Waals surface area contributed by atoms with Crippen LogP contribution >= 0.6 is 0 Å². The summed E-state index contributed by atoms with van der Waals surface area (Å²) in [5, 5.41) is 50.5. The molecule has 5 N–H and O–H groups in total. The van der Waals surface area contributed by atoms with E-state index in [1.165, 1.54) is 22.0 Å². The Morgan fingerprint density at radius 2 is 0.736 bits per heavy atom. The number of carbonyl (C=O) groups excluding carboxylic acids is 2. The Morgan fingerprint density at radius 1 is 0.430 bits per heavy atom. The molecule has 0 saturated carbocycles. The van der Waals surface area contributed by atoms with Crippen LogP contribution in [0.4, 0.5) is 105 Å². The van der Waals surface area contributed by atoms with Gasteiger partial charge in [-0.25, -0.2) is 65.9 Å². The summed E-state index contributed by atoms with van der Waals surface area (Å²) < 4.78 is 313. The Balaban J connectivity index is 0.000000231. The number of carbonyl (C=O) groups is 3. The Hall–Kier alpha value is -12.5. The lowest BCUT2D eigenvalue weighted by Gasteiger charge is -2.29. The quantitative estimate of drug-likeness (QED) is 0.0116. The standard InChI is InChI=1S/C16H13F6N7O.C16H15F6N5O.C11H10F3N3.C11H11F3O.C10H8F3N3O2.C6H7F3N4/c17-10-6-12(19)11(18)4-8(10)3-9(24-27-23)5-14(30)28-1-2-29-13(7-28)25-26-15(29)16(20,21)22;17-10-6-12(19)11(18)4-8(10)3-9(23)5-14(28)26-1-2-27-13(7-26)24-25-15(27)16(20,21)22;1-2-3-8(16-17-15)4-7-5-10(13)11(14)6-9(7)12;1-2-3-8(15)4-7-5-10(13)11(14)6-9(7)12;11-7-4-9(13)8(12)2-5(7)1-6(15-16-14)3-10(17)18;7-6(8,9)5-12-11-4-3-10-1-2-13(4)5/h4,6,9H,1-3,5,7H2;4,6,9H,1-3,5,7,23H2;2,5-6,8H,1,3-4H2;2,5-6,8,15H,1,3-4H2;2,4,6H,1,3H2,(H,17,18);10H,1-3H2/t2*9-;2*8-;6-;/m11011./s1. The molecule has 0 aliphatic carbocycles. The molecule has 2 amide bonds. The van der Waals surface area contributed by atoms with Gasteiger partial charge in [-0.15, -0.1) is 43.7 Å². The maximum atomic E-state index is 13.8. The van der Waals surface area contributed by atoms with Crippen molar-refractivity contribution in [3.8, 4) is 0 Å². The van der Waals surface area contributed by atoms with E-state index in [9.17, 15) is 125 Å². The van der Waals surface area contributed by atoms with Gasteiger partial charge in [-0.05, 0) is 113 Å². The van der Waals surface area contributed by atoms with Crippen LogP contribution in [0, 0.1) is 87.3 Å². The second-order valence-electron chi connectivity index (χ2n) is 25.9. The van der Waals surface area contributed by atoms with Gasteiger partial charge in [0.25, 0.3) is 0 Å². The monoisotopic (exact) mass is 1750 g/mol. The number of carboxylic acid groups (broad SMARTS) is 1. The van der Waals surface area contributed by atoms with E-state index in [0.717, 1.165) is 25.8 Å². The summed E-state index contributed by atoms with van der Waals surface area (Å²) in [5.41, 5.74) is 30.3. The molecular weight excluding hydrogens is 1680 g/mol. The number of aliphatic hydroxyl groups is 1. The fraction of sp³-hybridized carbons (Fsp3) is 0.386. The van der Waals surface area contributed by atoms with E-state index >= 15 is 0 Å². The first kappa shape index (κ1) is 97.4. The van der Waals surface area contributed by atoms with Crippen molar-refractivity contribution in [2.45, 2.75) is 152 Å². The van der Waals surface area contributed by atoms with Crippen molar-refractivity contribution >= 4 is 17.8 Å². The maximum Gasteiger partial charge on any atom is 0.451 e. The second-order valence-corrected chi connectivity index (χ2v) is 25.9. The first-order chi connectivity index (χ1) is 56.8. The molecule has 5 atom stereocenters. The number of nitrogens with two attached hydrogens (primary N) is 1. The predicted octanol–water partition coefficient (Wildman–Crippen LogP) is 15.1. The molecule has 27 nitrogen and oxygen atoms in total. The van der Waals surface area contributed by atoms with Crippen molar-refractivity contribution in [1.29, 1.82) is 0 Å². The number of nitrogens with one attached hydrogen (secondary N) is 1. The second kappa shape index (κ2) is 44.0. The highest BCUT2D eigenvalue weighted by Crippen LogP contribution is 2.33. The average Bonchev–Trinajstić information content (AvgIpc) is 1.65. The summed E-state index contributed by atoms with van der Waals surface area (Å²) in [5.74, 6) is -22.5. The van der Waals surface area contributed by atoms with E-state index in [-0.39, 0.29) is 130 Å². The van der Waals surface area contributed by atoms with Gasteiger partial charge in [0.2, 0.25) is 29.3 Å². The Bertz CT molecular complexity index is 5140. The van der Waals surface area contributed by atoms with E-state index in [4.69, 9.17) is 27.4 Å². The molecule has 0 fully saturated rings. The number of nitrogens with zero attached hydrogens (tertiary/aromatic N) is 20. The molecule has 3 aliphatic rings. The maximum absolute atomic E-state index is 13.8. The number of aromatic nitrogens is 9. The number of rotatable bonds is 23. The highest BCUT2D eigenvalue weighted by molar-refractivity contribution is 5.77. The third-order valence-corrected chi connectivity index (χ3v) is 17.1. The minimum Gasteiger partial charge on any atom is -0.481 e. The van der Waals surface area contributed by atoms with E-state index in [1.807, 2.05) is 0 Å². The van der Waals surface area contributed by atoms with Crippen molar-refractivity contribution < 1.29 is 130 Å². The molecule has 0 spiro atoms. The van der Waals surface area contributed by atoms with Crippen molar-refractivity contribution in [3.63, 3.8) is 0 Å². The first-order valence-corrected chi connectivity index (χ1v) is 34.7. The molecule has 51 heteroatoms. The van der Waals surface area contributed by atoms with Crippen molar-refractivity contribution in [3.05, 3.63) is 267 Å². The van der Waals surface area contributed by atoms with Crippen LogP contribution in [0.1, 0.15) is 94.9 Å². The Morgan fingerprint density at radius 3 is 1.08 bits per heavy atom. The summed E-state index contributed by atoms with van der Waals surface area (Å²) in [6, 6.07) is 1.86. The van der Waals surface area contributed by atoms with Crippen LogP contribution in [-0.2, 0) is 104 Å². The first-order valence-electron chi connectivity index (χ1n) is 34.7. The topological polar surface area (TPSA) is 375 Å². The lowest BCUT2D eigenvalue weighted by atomic mass is 10.0. The van der Waals surface area contributed by atoms with Crippen LogP contribution in [0.15, 0.2) is 101 Å². The van der Waals surface area contributed by atoms with Gasteiger partial charge in [0.15, 0.2) is 69.8 Å². The number of alkyl halides is 9. The summed E-state index contributed by atoms with van der Waals surface area (Å²) in [4.78, 5) is 45.4. The van der Waals surface area contributed by atoms with Gasteiger partial charge >= 0.3 is 24.5 Å². The van der Waals surface area contributed by atoms with Gasteiger partial charge in [-0.1, -0.05) is 27.5 Å². The van der Waals surface area contributed by atoms with Gasteiger partial charge in [-0.3, -0.25) is 14.4 Å². The fourth-order valence-corrected chi connectivity index (χ4v) is 11.5. The minimum absolute atomic E-state index is 0.000783. The number of hydrogen-bond donors (Lipinski definition) is 4. The van der Waals surface area contributed by atoms with Gasteiger partial charge in [0.1, 0.15) is 34.9 Å². The lowest BCUT2D eigenvalue weighted by molar-refractivity contribution is -0.149. The highest BCUT2D eigenvalue weighted by Gasteiger charge is 2.42. The van der Waals surface area contributed by atoms with E-state index in [1.54, 1.807) is 0 Å². The molecule has 0 bridgehead atoms. The largest absolute Gasteiger partial charge is 0.481 e. The summed E-state index contributed by atoms with van der Waals surface area (Å²) in [6.07, 6.45) is -13.1. The Kier molecular flexibility index (Phi) is 35.4. The zero-order valence-electron chi connectivity index (χ0n) is 61.9. The zero-order valence-corrected chi connectivity index (χ0v) is 61.9. The summed E-state index contributed by atoms with van der Waals surface area (Å²) >= 11 is 0. The number of benzene rings is 5. The molecule has 11 rings (SSSR count). The summed E-state index contributed by atoms with van der Waals surface area (Å²) in [7, 11) is 0. The Labute approximate surface area is 665 Å². The van der Waals surface area contributed by atoms with Crippen molar-refractivity contribution in [2.24, 2.45) is 21.1 Å². The van der Waals surface area contributed by atoms with E-state index in [0.29, 0.717) is 73.9 Å². The van der Waals surface area contributed by atoms with Crippen LogP contribution in [0.3, 0.4) is 0 Å². The molecule has 3 aromatic heterocycles. The van der Waals surface area contributed by atoms with Crippen LogP contribution in [0.5, 0.6) is 0 Å². The third-order valence-electron chi connectivity index (χ3n) is 17.1. The summed E-state index contributed by atoms with van der Waals surface area (Å²) in [6.45, 7) is 7.21. The van der Waals surface area contributed by atoms with Crippen LogP contribution < -0.4 is 11.1 Å². The molecule has 652 valence electrons. The smallest absolute Gasteiger partial charge is 0.451 e. The number of carboxylic acids is 1. The molecule has 0 radical (unpaired) electrons. The number of aliphatic carboxylic acids is 1. The number of aliphatic hydroxyl groups excluding tert-OH is 1. The highest BCUT2D eigenvalue weighted by atomic mass is 19.4. The van der Waals surface area contributed by atoms with E-state index in [2.05, 4.69) is 79.1 Å². The predicted molar refractivity (Wildman–Crippen MR) is 372 cm³/mol. The van der Waals surface area contributed by atoms with Crippen molar-refractivity contribution in [2.75, 3.05) is 19.6 Å². The van der Waals surface area contributed by atoms with Crippen LogP contribution in [0.2, 0.25) is 0 Å². The van der Waals surface area contributed by atoms with Crippen molar-refractivity contribution in [1.82, 2.24) is 59.4 Å². The molecule has 121 heavy (non-hydrogen) atoms. The molecule has 0 unspecified atom stereocenters. The SMILES string of the molecule is C=CC[C@@H](Cc1cc(F)c(F)cc1F)N=[N+]=[N-].C=CC[C@@H](O)Cc1cc(F)c(F)cc1F.FC(F)(F)c1nnc2n1CCNC2.N[C@@H](CC(=O)N1CCn2c(nnc2C(F)(F)F)C1)Cc1cc(F)c(F)cc1F.[N-]=[N+]=N[C@@H](CC(=O)N1CCn2c(nnc2C(F)(F)F)C1)Cc1cc(F)c(F)cc1F.[N-]=[N+]=N[C@@H](CC(=O)O)Cc1cc(F)c(F)cc1F. The molecule has 3 aliphatic heterocycles. The fourth-order valence-electron chi connectivity index (χ4n) is 11.5. The third kappa shape index (κ3) is 28.6. The number of hydrogen-bond acceptors (Lipinski definition) is 15. The van der Waals surface area contributed by atoms with Crippen LogP contribution in [0.25, 0.3) is 31.3 Å². The van der Waals surface area contributed by atoms with Gasteiger partial charge in [0, 0.05) is 116 Å². The van der Waals surface area contributed by atoms with Gasteiger partial charge < -0.3 is 44.8 Å². The molecule has 0 saturated heterocycles. The minimum atomic E-state index is -4.68. The molecule has 8 aromatic rings. The zero-order chi connectivity index (χ0) is 90.1. The van der Waals surface area contributed by atoms with Gasteiger partial charge in [0.05, 0.1) is 44.2 Å². The lowest BCUT2D eigenvalue weighted by Crippen LogP contribution is -2.42. The number of halogens is 24. The molecular formula is C70H64F24N22O5. The number of amides is 2.